The van der Waals surface area contributed by atoms with Gasteiger partial charge in [0.05, 0.1) is 11.1 Å². The maximum Gasteiger partial charge on any atom is 0.324 e. The number of nitrogens with two attached hydrogens (primary N) is 1. The van der Waals surface area contributed by atoms with Gasteiger partial charge in [-0.05, 0) is 55.5 Å². The maximum absolute atomic E-state index is 13.2. The fraction of sp³-hybridized carbons (Fsp3) is 0.317. The number of amides is 6. The summed E-state index contributed by atoms with van der Waals surface area (Å²) in [5, 5.41) is 23.8. The lowest BCUT2D eigenvalue weighted by Crippen LogP contribution is -2.52. The summed E-state index contributed by atoms with van der Waals surface area (Å²) >= 11 is 0. The number of unbranched alkanes of at least 4 members (excludes halogenated alkanes) is 1. The van der Waals surface area contributed by atoms with Gasteiger partial charge in [-0.25, -0.2) is 19.4 Å². The number of carbonyl (C=O) groups is 5. The van der Waals surface area contributed by atoms with Crippen molar-refractivity contribution in [2.24, 2.45) is 0 Å². The summed E-state index contributed by atoms with van der Waals surface area (Å²) in [6.07, 6.45) is 7.78. The van der Waals surface area contributed by atoms with Gasteiger partial charge in [0.1, 0.15) is 36.1 Å². The van der Waals surface area contributed by atoms with E-state index < -0.39 is 18.0 Å². The average Bonchev–Trinajstić information content (AvgIpc) is 4.01. The third-order valence-electron chi connectivity index (χ3n) is 10.5. The summed E-state index contributed by atoms with van der Waals surface area (Å²) in [7, 11) is 0. The van der Waals surface area contributed by atoms with Crippen molar-refractivity contribution in [2.45, 2.75) is 84.0 Å². The number of nitrogens with one attached hydrogen (secondary N) is 4. The Morgan fingerprint density at radius 3 is 2.57 bits per heavy atom. The second kappa shape index (κ2) is 16.1. The molecule has 6 heterocycles. The van der Waals surface area contributed by atoms with Gasteiger partial charge in [-0.1, -0.05) is 49.3 Å². The number of imide groups is 1. The van der Waals surface area contributed by atoms with Crippen molar-refractivity contribution >= 4 is 63.7 Å². The van der Waals surface area contributed by atoms with Crippen molar-refractivity contribution in [2.75, 3.05) is 21.7 Å². The Bertz CT molecular complexity index is 2640. The normalized spacial score (nSPS) is 15.3. The number of benzene rings is 2. The SMILES string of the molecule is CC(C)(C)c1cc(NC(=O)Nc2ccc(-c3cn(CCCCc4cn(CC(=O)Nc5cccc6c5CN(C5CCC(=O)NC5=O)C6=O)nn4)c4ncnc(N)c34)cc2)no1. The molecule has 0 saturated carbocycles. The minimum atomic E-state index is -0.752. The first kappa shape index (κ1) is 39.4. The lowest BCUT2D eigenvalue weighted by molar-refractivity contribution is -0.137. The largest absolute Gasteiger partial charge is 0.383 e. The van der Waals surface area contributed by atoms with E-state index >= 15 is 0 Å². The number of urea groups is 1. The van der Waals surface area contributed by atoms with Crippen LogP contribution in [0, 0.1) is 0 Å². The molecule has 0 spiro atoms. The molecule has 2 aliphatic rings. The maximum atomic E-state index is 13.2. The number of nitrogens with zero attached hydrogens (tertiary/aromatic N) is 8. The first-order chi connectivity index (χ1) is 28.8. The van der Waals surface area contributed by atoms with Gasteiger partial charge in [-0.15, -0.1) is 5.10 Å². The molecule has 0 radical (unpaired) electrons. The highest BCUT2D eigenvalue weighted by atomic mass is 16.5. The van der Waals surface area contributed by atoms with Gasteiger partial charge in [0.15, 0.2) is 5.82 Å². The Morgan fingerprint density at radius 2 is 1.80 bits per heavy atom. The summed E-state index contributed by atoms with van der Waals surface area (Å²) in [5.41, 5.74) is 11.4. The van der Waals surface area contributed by atoms with E-state index in [0.29, 0.717) is 58.5 Å². The Morgan fingerprint density at radius 1 is 0.983 bits per heavy atom. The molecule has 0 aliphatic carbocycles. The molecule has 308 valence electrons. The van der Waals surface area contributed by atoms with Gasteiger partial charge in [0.25, 0.3) is 5.91 Å². The first-order valence-corrected chi connectivity index (χ1v) is 19.5. The molecule has 6 N–H and O–H groups in total. The predicted molar refractivity (Wildman–Crippen MR) is 219 cm³/mol. The molecular weight excluding hydrogens is 771 g/mol. The molecule has 1 atom stereocenters. The summed E-state index contributed by atoms with van der Waals surface area (Å²) in [5.74, 6) is -0.181. The van der Waals surface area contributed by atoms with Crippen molar-refractivity contribution in [1.82, 2.24) is 44.9 Å². The zero-order valence-electron chi connectivity index (χ0n) is 33.2. The number of nitrogen functional groups attached to an aromatic ring is 1. The number of piperidine rings is 1. The molecule has 19 heteroatoms. The molecule has 1 fully saturated rings. The Labute approximate surface area is 343 Å². The smallest absolute Gasteiger partial charge is 0.324 e. The van der Waals surface area contributed by atoms with Gasteiger partial charge in [-0.3, -0.25) is 29.8 Å². The Hall–Kier alpha value is -7.44. The lowest BCUT2D eigenvalue weighted by Gasteiger charge is -2.29. The number of hydrogen-bond donors (Lipinski definition) is 5. The second-order valence-electron chi connectivity index (χ2n) is 15.8. The predicted octanol–water partition coefficient (Wildman–Crippen LogP) is 4.62. The molecule has 6 amide bonds. The third kappa shape index (κ3) is 8.27. The summed E-state index contributed by atoms with van der Waals surface area (Å²) < 4.78 is 8.86. The van der Waals surface area contributed by atoms with Gasteiger partial charge < -0.3 is 30.4 Å². The highest BCUT2D eigenvalue weighted by Crippen LogP contribution is 2.35. The van der Waals surface area contributed by atoms with E-state index in [1.54, 1.807) is 42.6 Å². The number of fused-ring (bicyclic) bond motifs is 2. The molecule has 2 aliphatic heterocycles. The average molecular weight is 814 g/mol. The van der Waals surface area contributed by atoms with E-state index in [1.165, 1.54) is 15.9 Å². The van der Waals surface area contributed by atoms with E-state index in [1.807, 2.05) is 43.7 Å². The standard InChI is InChI=1S/C41H43N13O6/c1-41(2,3)31-17-32(50-60-31)47-40(59)45-24-12-10-23(11-13-24)27-19-52(37-35(27)36(42)43-22-44-37)16-5-4-7-25-18-53(51-49-25)21-34(56)46-29-9-6-8-26-28(29)20-54(39(26)58)30-14-15-33(55)48-38(30)57/h6,8-13,17-19,22,30H,4-5,7,14-16,20-21H2,1-3H3,(H,46,56)(H2,42,43,44)(H,48,55,57)(H2,45,47,50,59). The Balaban J connectivity index is 0.842. The minimum Gasteiger partial charge on any atom is -0.383 e. The Kier molecular flexibility index (Phi) is 10.6. The fourth-order valence-electron chi connectivity index (χ4n) is 7.39. The van der Waals surface area contributed by atoms with Gasteiger partial charge in [-0.2, -0.15) is 0 Å². The summed E-state index contributed by atoms with van der Waals surface area (Å²) in [6, 6.07) is 12.9. The number of rotatable bonds is 12. The highest BCUT2D eigenvalue weighted by molar-refractivity contribution is 6.07. The van der Waals surface area contributed by atoms with Crippen LogP contribution in [-0.4, -0.2) is 75.3 Å². The molecule has 6 aromatic rings. The van der Waals surface area contributed by atoms with E-state index in [-0.39, 0.29) is 49.1 Å². The first-order valence-electron chi connectivity index (χ1n) is 19.5. The molecule has 1 saturated heterocycles. The van der Waals surface area contributed by atoms with Crippen LogP contribution in [-0.2, 0) is 45.9 Å². The topological polar surface area (TPSA) is 250 Å². The van der Waals surface area contributed by atoms with Crippen LogP contribution >= 0.6 is 0 Å². The molecule has 60 heavy (non-hydrogen) atoms. The third-order valence-corrected chi connectivity index (χ3v) is 10.5. The monoisotopic (exact) mass is 813 g/mol. The van der Waals surface area contributed by atoms with Crippen molar-refractivity contribution in [1.29, 1.82) is 0 Å². The van der Waals surface area contributed by atoms with Crippen LogP contribution in [0.5, 0.6) is 0 Å². The van der Waals surface area contributed by atoms with Crippen molar-refractivity contribution < 1.29 is 28.5 Å². The van der Waals surface area contributed by atoms with Crippen LogP contribution in [0.4, 0.5) is 27.8 Å². The van der Waals surface area contributed by atoms with Gasteiger partial charge in [0, 0.05) is 71.5 Å². The second-order valence-corrected chi connectivity index (χ2v) is 15.8. The van der Waals surface area contributed by atoms with Crippen molar-refractivity contribution in [3.8, 4) is 11.1 Å². The van der Waals surface area contributed by atoms with E-state index in [2.05, 4.69) is 46.7 Å². The van der Waals surface area contributed by atoms with Crippen molar-refractivity contribution in [3.63, 3.8) is 0 Å². The van der Waals surface area contributed by atoms with Crippen LogP contribution in [0.3, 0.4) is 0 Å². The molecule has 19 nitrogen and oxygen atoms in total. The zero-order valence-corrected chi connectivity index (χ0v) is 33.2. The minimum absolute atomic E-state index is 0.0911. The van der Waals surface area contributed by atoms with Crippen LogP contribution in [0.15, 0.2) is 71.8 Å². The molecule has 2 aromatic carbocycles. The fourth-order valence-corrected chi connectivity index (χ4v) is 7.39. The molecular formula is C41H43N13O6. The van der Waals surface area contributed by atoms with Gasteiger partial charge >= 0.3 is 6.03 Å². The van der Waals surface area contributed by atoms with Crippen LogP contribution in [0.1, 0.15) is 73.8 Å². The summed E-state index contributed by atoms with van der Waals surface area (Å²) in [4.78, 5) is 73.2. The number of aryl methyl sites for hydroxylation is 2. The van der Waals surface area contributed by atoms with Crippen LogP contribution in [0.25, 0.3) is 22.2 Å². The lowest BCUT2D eigenvalue weighted by atomic mass is 9.93. The van der Waals surface area contributed by atoms with E-state index in [0.717, 1.165) is 35.0 Å². The van der Waals surface area contributed by atoms with E-state index in [4.69, 9.17) is 10.3 Å². The molecule has 8 rings (SSSR count). The van der Waals surface area contributed by atoms with Gasteiger partial charge in [0.2, 0.25) is 17.7 Å². The molecule has 4 aromatic heterocycles. The van der Waals surface area contributed by atoms with Crippen LogP contribution < -0.4 is 27.0 Å². The van der Waals surface area contributed by atoms with Crippen molar-refractivity contribution in [3.05, 3.63) is 89.8 Å². The quantitative estimate of drug-likeness (QED) is 0.0839. The number of hydrogen-bond acceptors (Lipinski definition) is 12. The zero-order chi connectivity index (χ0) is 42.1. The van der Waals surface area contributed by atoms with E-state index in [9.17, 15) is 24.0 Å². The summed E-state index contributed by atoms with van der Waals surface area (Å²) in [6.45, 7) is 6.68. The van der Waals surface area contributed by atoms with Crippen LogP contribution in [0.2, 0.25) is 0 Å². The number of carbonyl (C=O) groups excluding carboxylic acids is 5. The number of anilines is 4. The molecule has 0 bridgehead atoms. The molecule has 1 unspecified atom stereocenters. The number of aromatic nitrogens is 7. The highest BCUT2D eigenvalue weighted by Gasteiger charge is 2.40.